The molecule has 0 aromatic heterocycles. The SMILES string of the molecule is C[C@@H]1C[C@H]2CCC1CN2C(=O)OC(C)(C)C. The first-order valence-electron chi connectivity index (χ1n) is 6.36. The largest absolute Gasteiger partial charge is 0.444 e. The molecule has 3 fully saturated rings. The Kier molecular flexibility index (Phi) is 2.89. The first-order valence-corrected chi connectivity index (χ1v) is 6.36. The Labute approximate surface area is 98.1 Å². The van der Waals surface area contributed by atoms with Crippen LogP contribution in [0.15, 0.2) is 0 Å². The number of ether oxygens (including phenoxy) is 1. The molecule has 1 amide bonds. The summed E-state index contributed by atoms with van der Waals surface area (Å²) >= 11 is 0. The topological polar surface area (TPSA) is 29.5 Å². The van der Waals surface area contributed by atoms with Crippen LogP contribution in [-0.4, -0.2) is 29.2 Å². The van der Waals surface area contributed by atoms with Crippen LogP contribution in [0.5, 0.6) is 0 Å². The minimum atomic E-state index is -0.376. The maximum Gasteiger partial charge on any atom is 0.410 e. The normalized spacial score (nSPS) is 34.0. The van der Waals surface area contributed by atoms with Gasteiger partial charge in [-0.05, 0) is 51.9 Å². The van der Waals surface area contributed by atoms with Crippen LogP contribution in [0, 0.1) is 11.8 Å². The van der Waals surface area contributed by atoms with Gasteiger partial charge in [-0.3, -0.25) is 0 Å². The molecule has 1 saturated carbocycles. The smallest absolute Gasteiger partial charge is 0.410 e. The van der Waals surface area contributed by atoms with Gasteiger partial charge in [0.2, 0.25) is 0 Å². The molecule has 3 atom stereocenters. The molecule has 0 radical (unpaired) electrons. The van der Waals surface area contributed by atoms with E-state index in [1.165, 1.54) is 6.42 Å². The molecule has 3 nitrogen and oxygen atoms in total. The summed E-state index contributed by atoms with van der Waals surface area (Å²) in [4.78, 5) is 14.0. The molecule has 2 heterocycles. The molecule has 0 aromatic carbocycles. The minimum absolute atomic E-state index is 0.117. The second kappa shape index (κ2) is 3.94. The molecule has 16 heavy (non-hydrogen) atoms. The van der Waals surface area contributed by atoms with Gasteiger partial charge in [0.15, 0.2) is 0 Å². The van der Waals surface area contributed by atoms with Crippen molar-refractivity contribution >= 4 is 6.09 Å². The maximum absolute atomic E-state index is 12.0. The summed E-state index contributed by atoms with van der Waals surface area (Å²) in [6.07, 6.45) is 3.48. The van der Waals surface area contributed by atoms with Crippen molar-refractivity contribution in [3.05, 3.63) is 0 Å². The van der Waals surface area contributed by atoms with Crippen LogP contribution in [0.4, 0.5) is 4.79 Å². The van der Waals surface area contributed by atoms with Crippen LogP contribution in [0.2, 0.25) is 0 Å². The van der Waals surface area contributed by atoms with Crippen molar-refractivity contribution in [3.63, 3.8) is 0 Å². The third kappa shape index (κ3) is 2.33. The van der Waals surface area contributed by atoms with E-state index in [0.29, 0.717) is 12.0 Å². The van der Waals surface area contributed by atoms with Crippen molar-refractivity contribution in [2.75, 3.05) is 6.54 Å². The van der Waals surface area contributed by atoms with Crippen molar-refractivity contribution in [1.29, 1.82) is 0 Å². The minimum Gasteiger partial charge on any atom is -0.444 e. The van der Waals surface area contributed by atoms with Crippen LogP contribution in [-0.2, 0) is 4.74 Å². The summed E-state index contributed by atoms with van der Waals surface area (Å²) in [5, 5.41) is 0. The highest BCUT2D eigenvalue weighted by Gasteiger charge is 2.41. The molecule has 2 saturated heterocycles. The Morgan fingerprint density at radius 3 is 2.44 bits per heavy atom. The van der Waals surface area contributed by atoms with Crippen LogP contribution >= 0.6 is 0 Å². The molecule has 3 aliphatic rings. The number of fused-ring (bicyclic) bond motifs is 3. The van der Waals surface area contributed by atoms with Gasteiger partial charge in [0.25, 0.3) is 0 Å². The molecule has 0 spiro atoms. The van der Waals surface area contributed by atoms with Crippen LogP contribution in [0.25, 0.3) is 0 Å². The van der Waals surface area contributed by atoms with E-state index in [0.717, 1.165) is 25.3 Å². The third-order valence-corrected chi connectivity index (χ3v) is 3.82. The molecule has 1 aliphatic carbocycles. The number of hydrogen-bond donors (Lipinski definition) is 0. The number of amides is 1. The van der Waals surface area contributed by atoms with Crippen molar-refractivity contribution < 1.29 is 9.53 Å². The van der Waals surface area contributed by atoms with E-state index in [1.807, 2.05) is 25.7 Å². The average molecular weight is 225 g/mol. The Morgan fingerprint density at radius 2 is 2.00 bits per heavy atom. The molecular formula is C13H23NO2. The van der Waals surface area contributed by atoms with Gasteiger partial charge in [0.1, 0.15) is 5.60 Å². The van der Waals surface area contributed by atoms with E-state index in [-0.39, 0.29) is 11.7 Å². The van der Waals surface area contributed by atoms with Crippen molar-refractivity contribution in [3.8, 4) is 0 Å². The monoisotopic (exact) mass is 225 g/mol. The zero-order valence-corrected chi connectivity index (χ0v) is 10.8. The third-order valence-electron chi connectivity index (χ3n) is 3.82. The Morgan fingerprint density at radius 1 is 1.31 bits per heavy atom. The second-order valence-electron chi connectivity index (χ2n) is 6.34. The summed E-state index contributed by atoms with van der Waals surface area (Å²) in [5.41, 5.74) is -0.376. The van der Waals surface area contributed by atoms with Crippen LogP contribution in [0.1, 0.15) is 47.0 Å². The number of carbonyl (C=O) groups excluding carboxylic acids is 1. The number of nitrogens with zero attached hydrogens (tertiary/aromatic N) is 1. The van der Waals surface area contributed by atoms with Crippen LogP contribution in [0.3, 0.4) is 0 Å². The van der Waals surface area contributed by atoms with Gasteiger partial charge in [0, 0.05) is 12.6 Å². The molecular weight excluding hydrogens is 202 g/mol. The Bertz CT molecular complexity index is 282. The zero-order valence-electron chi connectivity index (χ0n) is 10.8. The lowest BCUT2D eigenvalue weighted by molar-refractivity contribution is -0.0259. The summed E-state index contributed by atoms with van der Waals surface area (Å²) in [5.74, 6) is 1.47. The lowest BCUT2D eigenvalue weighted by Gasteiger charge is -2.48. The molecule has 3 heteroatoms. The highest BCUT2D eigenvalue weighted by molar-refractivity contribution is 5.69. The van der Waals surface area contributed by atoms with Crippen LogP contribution < -0.4 is 0 Å². The zero-order chi connectivity index (χ0) is 11.9. The van der Waals surface area contributed by atoms with Gasteiger partial charge in [-0.15, -0.1) is 0 Å². The fourth-order valence-corrected chi connectivity index (χ4v) is 2.93. The lowest BCUT2D eigenvalue weighted by atomic mass is 9.73. The standard InChI is InChI=1S/C13H23NO2/c1-9-7-11-6-5-10(9)8-14(11)12(15)16-13(2,3)4/h9-11H,5-8H2,1-4H3/t9-,10?,11-/m1/s1. The Balaban J connectivity index is 1.99. The summed E-state index contributed by atoms with van der Waals surface area (Å²) in [6.45, 7) is 8.99. The molecule has 2 bridgehead atoms. The number of carbonyl (C=O) groups is 1. The summed E-state index contributed by atoms with van der Waals surface area (Å²) in [7, 11) is 0. The Hall–Kier alpha value is -0.730. The first kappa shape index (κ1) is 11.7. The van der Waals surface area contributed by atoms with E-state index in [4.69, 9.17) is 4.74 Å². The van der Waals surface area contributed by atoms with Gasteiger partial charge in [0.05, 0.1) is 0 Å². The van der Waals surface area contributed by atoms with E-state index in [1.54, 1.807) is 0 Å². The van der Waals surface area contributed by atoms with E-state index in [9.17, 15) is 4.79 Å². The predicted molar refractivity (Wildman–Crippen MR) is 63.2 cm³/mol. The van der Waals surface area contributed by atoms with Crippen molar-refractivity contribution in [1.82, 2.24) is 4.90 Å². The van der Waals surface area contributed by atoms with Crippen molar-refractivity contribution in [2.45, 2.75) is 58.6 Å². The number of piperidine rings is 2. The molecule has 2 aliphatic heterocycles. The lowest BCUT2D eigenvalue weighted by Crippen LogP contribution is -2.54. The predicted octanol–water partition coefficient (Wildman–Crippen LogP) is 3.04. The summed E-state index contributed by atoms with van der Waals surface area (Å²) in [6, 6.07) is 0.426. The molecule has 0 N–H and O–H groups in total. The fraction of sp³-hybridized carbons (Fsp3) is 0.923. The first-order chi connectivity index (χ1) is 7.37. The van der Waals surface area contributed by atoms with Gasteiger partial charge in [-0.2, -0.15) is 0 Å². The quantitative estimate of drug-likeness (QED) is 0.634. The number of hydrogen-bond acceptors (Lipinski definition) is 2. The highest BCUT2D eigenvalue weighted by atomic mass is 16.6. The average Bonchev–Trinajstić information content (AvgIpc) is 2.15. The van der Waals surface area contributed by atoms with Gasteiger partial charge in [-0.25, -0.2) is 4.79 Å². The second-order valence-corrected chi connectivity index (χ2v) is 6.34. The number of rotatable bonds is 0. The molecule has 0 aromatic rings. The van der Waals surface area contributed by atoms with E-state index in [2.05, 4.69) is 6.92 Å². The van der Waals surface area contributed by atoms with Gasteiger partial charge in [-0.1, -0.05) is 6.92 Å². The molecule has 1 unspecified atom stereocenters. The maximum atomic E-state index is 12.0. The molecule has 92 valence electrons. The van der Waals surface area contributed by atoms with E-state index >= 15 is 0 Å². The highest BCUT2D eigenvalue weighted by Crippen LogP contribution is 2.39. The van der Waals surface area contributed by atoms with E-state index < -0.39 is 0 Å². The molecule has 3 rings (SSSR count). The van der Waals surface area contributed by atoms with Gasteiger partial charge >= 0.3 is 6.09 Å². The van der Waals surface area contributed by atoms with Crippen molar-refractivity contribution in [2.24, 2.45) is 11.8 Å². The summed E-state index contributed by atoms with van der Waals surface area (Å²) < 4.78 is 5.45. The fourth-order valence-electron chi connectivity index (χ4n) is 2.93. The van der Waals surface area contributed by atoms with Gasteiger partial charge < -0.3 is 9.64 Å².